The van der Waals surface area contributed by atoms with Gasteiger partial charge in [-0.15, -0.1) is 0 Å². The number of ether oxygens (including phenoxy) is 12. The van der Waals surface area contributed by atoms with Crippen LogP contribution in [0.2, 0.25) is 0 Å². The lowest BCUT2D eigenvalue weighted by Gasteiger charge is -2.57. The van der Waals surface area contributed by atoms with E-state index in [0.29, 0.717) is 24.7 Å². The van der Waals surface area contributed by atoms with E-state index in [0.717, 1.165) is 111 Å². The van der Waals surface area contributed by atoms with Crippen LogP contribution in [0.5, 0.6) is 34.5 Å². The van der Waals surface area contributed by atoms with E-state index in [1.54, 1.807) is 19.3 Å². The van der Waals surface area contributed by atoms with Crippen LogP contribution in [0.25, 0.3) is 36.5 Å². The molecule has 7 aromatic carbocycles. The highest BCUT2D eigenvalue weighted by molar-refractivity contribution is 5.52. The van der Waals surface area contributed by atoms with E-state index < -0.39 is 0 Å². The van der Waals surface area contributed by atoms with Crippen LogP contribution in [0.4, 0.5) is 0 Å². The molecular formula is C96H126O12. The lowest BCUT2D eigenvalue weighted by atomic mass is 9.49. The lowest BCUT2D eigenvalue weighted by molar-refractivity contribution is -0.116. The molecular weight excluding hydrogens is 1350 g/mol. The summed E-state index contributed by atoms with van der Waals surface area (Å²) in [5, 5.41) is 0. The summed E-state index contributed by atoms with van der Waals surface area (Å²) in [5.74, 6) is 8.92. The first-order chi connectivity index (χ1) is 52.6. The zero-order valence-corrected chi connectivity index (χ0v) is 66.1. The van der Waals surface area contributed by atoms with Gasteiger partial charge in [0.25, 0.3) is 0 Å². The van der Waals surface area contributed by atoms with E-state index in [9.17, 15) is 0 Å². The fourth-order valence-corrected chi connectivity index (χ4v) is 15.0. The van der Waals surface area contributed by atoms with Crippen molar-refractivity contribution in [3.05, 3.63) is 254 Å². The Labute approximate surface area is 649 Å². The largest absolute Gasteiger partial charge is 0.468 e. The van der Waals surface area contributed by atoms with Crippen molar-refractivity contribution in [3.63, 3.8) is 0 Å². The van der Waals surface area contributed by atoms with Crippen molar-refractivity contribution in [2.24, 2.45) is 29.1 Å². The molecule has 108 heavy (non-hydrogen) atoms. The third-order valence-electron chi connectivity index (χ3n) is 20.2. The summed E-state index contributed by atoms with van der Waals surface area (Å²) in [6.45, 7) is 37.2. The number of rotatable bonds is 35. The van der Waals surface area contributed by atoms with E-state index >= 15 is 0 Å². The molecule has 6 saturated carbocycles. The molecule has 0 N–H and O–H groups in total. The van der Waals surface area contributed by atoms with Gasteiger partial charge in [-0.2, -0.15) is 0 Å². The molecule has 0 aromatic heterocycles. The summed E-state index contributed by atoms with van der Waals surface area (Å²) in [6.07, 6.45) is 35.7. The van der Waals surface area contributed by atoms with Crippen molar-refractivity contribution in [2.75, 3.05) is 40.3 Å². The van der Waals surface area contributed by atoms with E-state index in [1.165, 1.54) is 121 Å². The average molecular weight is 1470 g/mol. The minimum absolute atomic E-state index is 0.178. The first-order valence-electron chi connectivity index (χ1n) is 39.6. The third kappa shape index (κ3) is 33.6. The van der Waals surface area contributed by atoms with Gasteiger partial charge < -0.3 is 56.8 Å². The molecule has 5 atom stereocenters. The van der Waals surface area contributed by atoms with Crippen LogP contribution in [0.15, 0.2) is 215 Å². The average Bonchev–Trinajstić information content (AvgIpc) is 0.753. The van der Waals surface area contributed by atoms with Gasteiger partial charge in [-0.3, -0.25) is 0 Å². The lowest BCUT2D eigenvalue weighted by Crippen LogP contribution is -2.46. The number of hydrogen-bond acceptors (Lipinski definition) is 12. The number of hydrogen-bond donors (Lipinski definition) is 0. The highest BCUT2D eigenvalue weighted by Crippen LogP contribution is 2.61. The second-order valence-corrected chi connectivity index (χ2v) is 28.8. The number of benzene rings is 7. The van der Waals surface area contributed by atoms with E-state index in [2.05, 4.69) is 51.6 Å². The minimum Gasteiger partial charge on any atom is -0.468 e. The van der Waals surface area contributed by atoms with Gasteiger partial charge in [0.1, 0.15) is 34.5 Å². The second-order valence-electron chi connectivity index (χ2n) is 28.8. The Bertz CT molecular complexity index is 3540. The summed E-state index contributed by atoms with van der Waals surface area (Å²) in [4.78, 5) is 0. The fraction of sp³-hybridized carbons (Fsp3) is 0.438. The maximum absolute atomic E-state index is 6.00. The normalized spacial score (nSPS) is 18.9. The smallest absolute Gasteiger partial charge is 0.197 e. The first-order valence-corrected chi connectivity index (χ1v) is 39.6. The zero-order valence-electron chi connectivity index (χ0n) is 66.1. The molecule has 7 aromatic rings. The van der Waals surface area contributed by atoms with Gasteiger partial charge in [-0.25, -0.2) is 0 Å². The minimum atomic E-state index is -0.256. The van der Waals surface area contributed by atoms with Crippen LogP contribution in [-0.4, -0.2) is 77.9 Å². The third-order valence-corrected chi connectivity index (χ3v) is 20.2. The predicted molar refractivity (Wildman–Crippen MR) is 446 cm³/mol. The van der Waals surface area contributed by atoms with Gasteiger partial charge >= 0.3 is 0 Å². The molecule has 0 saturated heterocycles. The molecule has 5 unspecified atom stereocenters. The Morgan fingerprint density at radius 3 is 1.07 bits per heavy atom. The van der Waals surface area contributed by atoms with Crippen LogP contribution in [0.1, 0.15) is 196 Å². The van der Waals surface area contributed by atoms with Crippen molar-refractivity contribution in [1.29, 1.82) is 0 Å². The van der Waals surface area contributed by atoms with Crippen molar-refractivity contribution in [1.82, 2.24) is 0 Å². The van der Waals surface area contributed by atoms with Crippen molar-refractivity contribution < 1.29 is 56.8 Å². The Morgan fingerprint density at radius 1 is 0.380 bits per heavy atom. The van der Waals surface area contributed by atoms with Crippen LogP contribution < -0.4 is 28.4 Å². The van der Waals surface area contributed by atoms with Crippen molar-refractivity contribution in [2.45, 2.75) is 201 Å². The molecule has 12 heteroatoms. The van der Waals surface area contributed by atoms with E-state index in [1.807, 2.05) is 230 Å². The maximum Gasteiger partial charge on any atom is 0.197 e. The topological polar surface area (TPSA) is 111 Å². The predicted octanol–water partition coefficient (Wildman–Crippen LogP) is 24.8. The maximum atomic E-state index is 6.00. The molecule has 0 heterocycles. The van der Waals surface area contributed by atoms with Crippen LogP contribution >= 0.6 is 0 Å². The van der Waals surface area contributed by atoms with Crippen molar-refractivity contribution >= 4 is 36.5 Å². The molecule has 0 aliphatic heterocycles. The van der Waals surface area contributed by atoms with Gasteiger partial charge in [-0.05, 0) is 253 Å². The summed E-state index contributed by atoms with van der Waals surface area (Å²) in [5.41, 5.74) is 8.43. The summed E-state index contributed by atoms with van der Waals surface area (Å²) < 4.78 is 67.1. The Morgan fingerprint density at radius 2 is 0.713 bits per heavy atom. The number of methoxy groups -OCH3 is 1. The molecule has 6 aliphatic carbocycles. The van der Waals surface area contributed by atoms with E-state index in [4.69, 9.17) is 56.8 Å². The standard InChI is InChI=1S/C22H30O2.C18H26O2.C18H20O2.C16H22O2.C12H16O2.C10H12O2/c1-3-17-4-6-21(7-5-17)24-16(2)23-9-8-22-13-18-10-19(14-22)12-20(11-18)15-22;2*1-3-16-9-11-18(12-10-16)20-15(2)19-14-13-17-7-5-4-6-8-17;1-3-14-9-11-16(12-10-14)18-13(2)17-15-7-5-4-6-8-15;1-4-11-6-8-12(9-7-11)14-10(3)13-5-2;1-3-9-4-6-10(7-5-9)12-8-11-2/h3-7,16,18-20H,1,8-15H2,2H3;3,9-12,15,17H,1,4-8,13-14H2,2H3;3-12,15H,1,13-14H2,2H3;3,9-13,15H,1,4-8H2,2H3;4,6-10H,1,5H2,2-3H3;3-7H,1,8H2,2H3. The quantitative estimate of drug-likeness (QED) is 0.0353. The highest BCUT2D eigenvalue weighted by Gasteiger charge is 2.50. The molecule has 4 bridgehead atoms. The fourth-order valence-electron chi connectivity index (χ4n) is 15.0. The second kappa shape index (κ2) is 49.6. The van der Waals surface area contributed by atoms with Gasteiger partial charge in [0.15, 0.2) is 38.2 Å². The van der Waals surface area contributed by atoms with Crippen LogP contribution in [0.3, 0.4) is 0 Å². The molecule has 0 spiro atoms. The molecule has 6 fully saturated rings. The SMILES string of the molecule is C=Cc1ccc(OC(C)OC2CCCCC2)cc1.C=Cc1ccc(OC(C)OCC)cc1.C=Cc1ccc(OC(C)OCCC23CC4CC(CC(C4)C2)C3)cc1.C=Cc1ccc(OC(C)OCCC2CCCCC2)cc1.C=Cc1ccc(OC(C)OCCc2ccccc2)cc1.C=Cc1ccc(OCOC)cc1. The van der Waals surface area contributed by atoms with Crippen LogP contribution in [0, 0.1) is 29.1 Å². The molecule has 0 amide bonds. The van der Waals surface area contributed by atoms with Gasteiger partial charge in [0, 0.05) is 13.7 Å². The van der Waals surface area contributed by atoms with Gasteiger partial charge in [0.05, 0.1) is 25.9 Å². The zero-order chi connectivity index (χ0) is 77.0. The highest BCUT2D eigenvalue weighted by atomic mass is 16.7. The Kier molecular flexibility index (Phi) is 39.8. The van der Waals surface area contributed by atoms with Gasteiger partial charge in [0.2, 0.25) is 0 Å². The molecule has 6 aliphatic rings. The van der Waals surface area contributed by atoms with Gasteiger partial charge in [-0.1, -0.05) is 230 Å². The molecule has 13 rings (SSSR count). The van der Waals surface area contributed by atoms with E-state index in [-0.39, 0.29) is 38.2 Å². The Balaban J connectivity index is 0.000000183. The van der Waals surface area contributed by atoms with Crippen LogP contribution in [-0.2, 0) is 34.8 Å². The summed E-state index contributed by atoms with van der Waals surface area (Å²) in [6, 6.07) is 57.3. The molecule has 582 valence electrons. The van der Waals surface area contributed by atoms with Crippen molar-refractivity contribution in [3.8, 4) is 34.5 Å². The summed E-state index contributed by atoms with van der Waals surface area (Å²) >= 11 is 0. The molecule has 12 nitrogen and oxygen atoms in total. The monoisotopic (exact) mass is 1470 g/mol. The summed E-state index contributed by atoms with van der Waals surface area (Å²) in [7, 11) is 1.60. The first kappa shape index (κ1) is 86.8. The molecule has 0 radical (unpaired) electrons. The Hall–Kier alpha value is -8.46.